The van der Waals surface area contributed by atoms with E-state index in [1.807, 2.05) is 0 Å². The summed E-state index contributed by atoms with van der Waals surface area (Å²) in [7, 11) is 0. The summed E-state index contributed by atoms with van der Waals surface area (Å²) in [5.41, 5.74) is -1.22. The number of aliphatic carboxylic acids is 1. The second-order valence-electron chi connectivity index (χ2n) is 5.17. The van der Waals surface area contributed by atoms with E-state index in [0.717, 1.165) is 6.07 Å². The Balaban J connectivity index is 2.53. The van der Waals surface area contributed by atoms with Gasteiger partial charge < -0.3 is 15.7 Å². The van der Waals surface area contributed by atoms with Gasteiger partial charge in [0.2, 0.25) is 5.91 Å². The predicted octanol–water partition coefficient (Wildman–Crippen LogP) is 2.08. The van der Waals surface area contributed by atoms with E-state index >= 15 is 0 Å². The first-order valence-corrected chi connectivity index (χ1v) is 7.76. The minimum absolute atomic E-state index is 0.00698. The molecule has 1 unspecified atom stereocenters. The number of carbonyl (C=O) groups excluding carboxylic acids is 2. The molecule has 1 atom stereocenters. The van der Waals surface area contributed by atoms with E-state index in [-0.39, 0.29) is 24.9 Å². The summed E-state index contributed by atoms with van der Waals surface area (Å²) in [6, 6.07) is 3.71. The van der Waals surface area contributed by atoms with E-state index in [1.54, 1.807) is 6.92 Å². The molecule has 0 spiro atoms. The van der Waals surface area contributed by atoms with Gasteiger partial charge >= 0.3 is 5.97 Å². The number of carboxylic acid groups (broad SMARTS) is 1. The quantitative estimate of drug-likeness (QED) is 0.666. The fraction of sp³-hybridized carbons (Fsp3) is 0.400. The zero-order chi connectivity index (χ0) is 17.6. The Morgan fingerprint density at radius 3 is 2.57 bits per heavy atom. The number of amides is 2. The molecule has 0 fully saturated rings. The van der Waals surface area contributed by atoms with Gasteiger partial charge in [0.25, 0.3) is 5.91 Å². The number of hydrogen-bond donors (Lipinski definition) is 3. The van der Waals surface area contributed by atoms with Gasteiger partial charge in [-0.05, 0) is 47.5 Å². The first-order valence-electron chi connectivity index (χ1n) is 6.97. The lowest BCUT2D eigenvalue weighted by molar-refractivity contribution is -0.147. The van der Waals surface area contributed by atoms with E-state index < -0.39 is 29.1 Å². The third-order valence-corrected chi connectivity index (χ3v) is 4.10. The molecule has 0 bridgehead atoms. The van der Waals surface area contributed by atoms with E-state index in [0.29, 0.717) is 4.47 Å². The molecule has 0 saturated heterocycles. The van der Waals surface area contributed by atoms with Crippen molar-refractivity contribution in [1.29, 1.82) is 0 Å². The summed E-state index contributed by atoms with van der Waals surface area (Å²) in [5, 5.41) is 14.0. The number of rotatable bonds is 7. The summed E-state index contributed by atoms with van der Waals surface area (Å²) in [5.74, 6) is -2.69. The van der Waals surface area contributed by atoms with Crippen LogP contribution < -0.4 is 10.6 Å². The first kappa shape index (κ1) is 19.1. The number of carboxylic acids is 1. The average Bonchev–Trinajstić information content (AvgIpc) is 2.49. The van der Waals surface area contributed by atoms with Crippen LogP contribution in [-0.2, 0) is 9.59 Å². The monoisotopic (exact) mass is 388 g/mol. The Kier molecular flexibility index (Phi) is 6.68. The molecular formula is C15H18BrFN2O4. The van der Waals surface area contributed by atoms with Crippen LogP contribution in [0.5, 0.6) is 0 Å². The summed E-state index contributed by atoms with van der Waals surface area (Å²) in [6.07, 6.45) is 0.151. The molecule has 0 saturated carbocycles. The lowest BCUT2D eigenvalue weighted by atomic mass is 9.99. The van der Waals surface area contributed by atoms with E-state index in [9.17, 15) is 18.8 Å². The standard InChI is InChI=1S/C15H18BrFN2O4/c1-3-15(2,14(22)23)19-12(20)6-7-18-13(21)10-8-9(17)4-5-11(10)16/h4-5,8H,3,6-7H2,1-2H3,(H,18,21)(H,19,20)(H,22,23). The van der Waals surface area contributed by atoms with Crippen LogP contribution in [0.15, 0.2) is 22.7 Å². The van der Waals surface area contributed by atoms with Crippen molar-refractivity contribution >= 4 is 33.7 Å². The molecule has 6 nitrogen and oxygen atoms in total. The Hall–Kier alpha value is -1.96. The van der Waals surface area contributed by atoms with Gasteiger partial charge in [0.05, 0.1) is 5.56 Å². The second kappa shape index (κ2) is 8.05. The molecule has 1 rings (SSSR count). The van der Waals surface area contributed by atoms with Crippen molar-refractivity contribution in [2.75, 3.05) is 6.54 Å². The van der Waals surface area contributed by atoms with Crippen molar-refractivity contribution < 1.29 is 23.9 Å². The van der Waals surface area contributed by atoms with Crippen LogP contribution in [0, 0.1) is 5.82 Å². The minimum atomic E-state index is -1.34. The maximum atomic E-state index is 13.1. The molecule has 0 aliphatic rings. The fourth-order valence-electron chi connectivity index (χ4n) is 1.72. The average molecular weight is 389 g/mol. The van der Waals surface area contributed by atoms with Crippen LogP contribution in [0.1, 0.15) is 37.0 Å². The highest BCUT2D eigenvalue weighted by Gasteiger charge is 2.32. The number of carbonyl (C=O) groups is 3. The Morgan fingerprint density at radius 2 is 2.00 bits per heavy atom. The lowest BCUT2D eigenvalue weighted by Crippen LogP contribution is -2.52. The summed E-state index contributed by atoms with van der Waals surface area (Å²) in [4.78, 5) is 34.8. The zero-order valence-electron chi connectivity index (χ0n) is 12.8. The summed E-state index contributed by atoms with van der Waals surface area (Å²) in [6.45, 7) is 3.07. The Bertz CT molecular complexity index is 623. The van der Waals surface area contributed by atoms with Gasteiger partial charge in [-0.25, -0.2) is 9.18 Å². The Morgan fingerprint density at radius 1 is 1.35 bits per heavy atom. The SMILES string of the molecule is CCC(C)(NC(=O)CCNC(=O)c1cc(F)ccc1Br)C(=O)O. The van der Waals surface area contributed by atoms with Crippen molar-refractivity contribution in [1.82, 2.24) is 10.6 Å². The molecule has 0 aliphatic heterocycles. The molecule has 0 aromatic heterocycles. The fourth-order valence-corrected chi connectivity index (χ4v) is 2.15. The molecule has 8 heteroatoms. The highest BCUT2D eigenvalue weighted by atomic mass is 79.9. The van der Waals surface area contributed by atoms with Crippen LogP contribution in [-0.4, -0.2) is 35.0 Å². The maximum absolute atomic E-state index is 13.1. The molecule has 0 radical (unpaired) electrons. The van der Waals surface area contributed by atoms with E-state index in [4.69, 9.17) is 5.11 Å². The van der Waals surface area contributed by atoms with Crippen molar-refractivity contribution in [3.05, 3.63) is 34.1 Å². The normalized spacial score (nSPS) is 13.0. The van der Waals surface area contributed by atoms with E-state index in [2.05, 4.69) is 26.6 Å². The van der Waals surface area contributed by atoms with Gasteiger partial charge in [0.15, 0.2) is 0 Å². The number of hydrogen-bond acceptors (Lipinski definition) is 3. The van der Waals surface area contributed by atoms with Gasteiger partial charge in [-0.15, -0.1) is 0 Å². The maximum Gasteiger partial charge on any atom is 0.329 e. The molecule has 0 heterocycles. The summed E-state index contributed by atoms with van der Waals surface area (Å²) >= 11 is 3.14. The minimum Gasteiger partial charge on any atom is -0.480 e. The number of halogens is 2. The van der Waals surface area contributed by atoms with Crippen LogP contribution in [0.4, 0.5) is 4.39 Å². The first-order chi connectivity index (χ1) is 10.7. The van der Waals surface area contributed by atoms with Crippen molar-refractivity contribution in [3.8, 4) is 0 Å². The molecule has 2 amide bonds. The molecule has 1 aromatic rings. The third-order valence-electron chi connectivity index (χ3n) is 3.41. The van der Waals surface area contributed by atoms with Gasteiger partial charge in [0, 0.05) is 17.4 Å². The smallest absolute Gasteiger partial charge is 0.329 e. The van der Waals surface area contributed by atoms with Crippen LogP contribution in [0.2, 0.25) is 0 Å². The van der Waals surface area contributed by atoms with Crippen LogP contribution in [0.3, 0.4) is 0 Å². The van der Waals surface area contributed by atoms with Crippen molar-refractivity contribution in [2.45, 2.75) is 32.2 Å². The molecular weight excluding hydrogens is 371 g/mol. The second-order valence-corrected chi connectivity index (χ2v) is 6.02. The predicted molar refractivity (Wildman–Crippen MR) is 85.5 cm³/mol. The van der Waals surface area contributed by atoms with Gasteiger partial charge in [-0.3, -0.25) is 9.59 Å². The molecule has 126 valence electrons. The molecule has 1 aromatic carbocycles. The van der Waals surface area contributed by atoms with Crippen LogP contribution in [0.25, 0.3) is 0 Å². The molecule has 3 N–H and O–H groups in total. The van der Waals surface area contributed by atoms with Crippen LogP contribution >= 0.6 is 15.9 Å². The molecule has 23 heavy (non-hydrogen) atoms. The van der Waals surface area contributed by atoms with Gasteiger partial charge in [-0.2, -0.15) is 0 Å². The van der Waals surface area contributed by atoms with Gasteiger partial charge in [-0.1, -0.05) is 6.92 Å². The summed E-state index contributed by atoms with van der Waals surface area (Å²) < 4.78 is 13.6. The topological polar surface area (TPSA) is 95.5 Å². The van der Waals surface area contributed by atoms with Crippen molar-refractivity contribution in [3.63, 3.8) is 0 Å². The van der Waals surface area contributed by atoms with Crippen molar-refractivity contribution in [2.24, 2.45) is 0 Å². The highest BCUT2D eigenvalue weighted by Crippen LogP contribution is 2.17. The van der Waals surface area contributed by atoms with E-state index in [1.165, 1.54) is 19.1 Å². The highest BCUT2D eigenvalue weighted by molar-refractivity contribution is 9.10. The largest absolute Gasteiger partial charge is 0.480 e. The third kappa shape index (κ3) is 5.31. The number of nitrogens with one attached hydrogen (secondary N) is 2. The zero-order valence-corrected chi connectivity index (χ0v) is 14.4. The van der Waals surface area contributed by atoms with Gasteiger partial charge in [0.1, 0.15) is 11.4 Å². The lowest BCUT2D eigenvalue weighted by Gasteiger charge is -2.24. The molecule has 0 aliphatic carbocycles. The number of benzene rings is 1. The Labute approximate surface area is 141 Å².